The Morgan fingerprint density at radius 2 is 1.79 bits per heavy atom. The van der Waals surface area contributed by atoms with Gasteiger partial charge < -0.3 is 10.0 Å². The largest absolute Gasteiger partial charge is 0.393 e. The number of rotatable bonds is 4. The molecule has 3 fully saturated rings. The first-order chi connectivity index (χ1) is 15.7. The highest BCUT2D eigenvalue weighted by atomic mass is 16.3. The summed E-state index contributed by atoms with van der Waals surface area (Å²) < 4.78 is 0. The Kier molecular flexibility index (Phi) is 5.84. The van der Waals surface area contributed by atoms with Crippen LogP contribution in [0.4, 0.5) is 5.69 Å². The van der Waals surface area contributed by atoms with Crippen molar-refractivity contribution in [3.8, 4) is 0 Å². The molecule has 1 N–H and O–H groups in total. The van der Waals surface area contributed by atoms with Crippen LogP contribution in [0.25, 0.3) is 6.08 Å². The highest BCUT2D eigenvalue weighted by Crippen LogP contribution is 2.66. The van der Waals surface area contributed by atoms with Crippen LogP contribution in [0.1, 0.15) is 70.8 Å². The number of allylic oxidation sites excluding steroid dienone is 2. The zero-order chi connectivity index (χ0) is 23.4. The molecule has 7 unspecified atom stereocenters. The Balaban J connectivity index is 1.32. The fraction of sp³-hybridized carbons (Fsp3) is 0.633. The second kappa shape index (κ2) is 8.41. The number of anilines is 1. The van der Waals surface area contributed by atoms with Gasteiger partial charge in [0.2, 0.25) is 0 Å². The molecule has 4 aliphatic carbocycles. The Hall–Kier alpha value is -1.87. The standard InChI is InChI=1S/C30H41NO2/c1-29-17-15-23(32)19-21(29)8-11-24-25-12-13-27(30(25,2)18-16-26(24)29)28(33)14-7-20-5-9-22(10-6-20)31(3)4/h5-10,14,23-27,32H,11-13,15-19H2,1-4H3/b14-7+. The summed E-state index contributed by atoms with van der Waals surface area (Å²) in [6, 6.07) is 8.40. The molecule has 1 aromatic rings. The van der Waals surface area contributed by atoms with E-state index in [2.05, 4.69) is 49.1 Å². The second-order valence-corrected chi connectivity index (χ2v) is 12.1. The van der Waals surface area contributed by atoms with Crippen molar-refractivity contribution >= 4 is 17.5 Å². The topological polar surface area (TPSA) is 40.5 Å². The molecule has 3 heteroatoms. The number of ketones is 1. The van der Waals surface area contributed by atoms with E-state index in [-0.39, 0.29) is 22.9 Å². The summed E-state index contributed by atoms with van der Waals surface area (Å²) in [4.78, 5) is 15.5. The minimum Gasteiger partial charge on any atom is -0.393 e. The Labute approximate surface area is 200 Å². The van der Waals surface area contributed by atoms with Crippen LogP contribution in [0.3, 0.4) is 0 Å². The third-order valence-electron chi connectivity index (χ3n) is 10.3. The van der Waals surface area contributed by atoms with Crippen molar-refractivity contribution in [2.45, 2.75) is 71.3 Å². The summed E-state index contributed by atoms with van der Waals surface area (Å²) in [5.74, 6) is 2.57. The number of aliphatic hydroxyl groups excluding tert-OH is 1. The molecule has 0 amide bonds. The molecule has 0 aliphatic heterocycles. The van der Waals surface area contributed by atoms with Gasteiger partial charge in [-0.25, -0.2) is 0 Å². The van der Waals surface area contributed by atoms with Gasteiger partial charge in [0.15, 0.2) is 5.78 Å². The number of aliphatic hydroxyl groups is 1. The van der Waals surface area contributed by atoms with Crippen molar-refractivity contribution in [3.05, 3.63) is 47.6 Å². The molecule has 4 aliphatic rings. The van der Waals surface area contributed by atoms with Crippen molar-refractivity contribution < 1.29 is 9.90 Å². The van der Waals surface area contributed by atoms with E-state index >= 15 is 0 Å². The SMILES string of the molecule is CN(C)c1ccc(/C=C/C(=O)C2CCC3C4CC=C5CC(O)CCC5(C)C4CCC23C)cc1. The summed E-state index contributed by atoms with van der Waals surface area (Å²) in [5, 5.41) is 10.2. The average molecular weight is 448 g/mol. The maximum atomic E-state index is 13.4. The maximum absolute atomic E-state index is 13.4. The molecule has 0 saturated heterocycles. The molecule has 0 spiro atoms. The zero-order valence-corrected chi connectivity index (χ0v) is 20.9. The first kappa shape index (κ1) is 22.9. The van der Waals surface area contributed by atoms with Crippen molar-refractivity contribution in [2.75, 3.05) is 19.0 Å². The molecule has 0 heterocycles. The minimum atomic E-state index is -0.144. The molecule has 1 aromatic carbocycles. The number of carbonyl (C=O) groups excluding carboxylic acids is 1. The molecule has 33 heavy (non-hydrogen) atoms. The molecule has 3 saturated carbocycles. The fourth-order valence-corrected chi connectivity index (χ4v) is 8.29. The highest BCUT2D eigenvalue weighted by molar-refractivity contribution is 5.96. The van der Waals surface area contributed by atoms with Gasteiger partial charge in [0.25, 0.3) is 0 Å². The van der Waals surface area contributed by atoms with Crippen LogP contribution in [0.2, 0.25) is 0 Å². The van der Waals surface area contributed by atoms with Crippen LogP contribution in [0.5, 0.6) is 0 Å². The van der Waals surface area contributed by atoms with E-state index in [9.17, 15) is 9.90 Å². The molecule has 7 atom stereocenters. The summed E-state index contributed by atoms with van der Waals surface area (Å²) >= 11 is 0. The first-order valence-corrected chi connectivity index (χ1v) is 13.1. The minimum absolute atomic E-state index is 0.132. The monoisotopic (exact) mass is 447 g/mol. The molecule has 5 rings (SSSR count). The fourth-order valence-electron chi connectivity index (χ4n) is 8.29. The normalized spacial score (nSPS) is 40.0. The lowest BCUT2D eigenvalue weighted by Gasteiger charge is -2.57. The van der Waals surface area contributed by atoms with Crippen molar-refractivity contribution in [1.82, 2.24) is 0 Å². The van der Waals surface area contributed by atoms with Gasteiger partial charge in [-0.3, -0.25) is 4.79 Å². The quantitative estimate of drug-likeness (QED) is 0.436. The number of hydrogen-bond donors (Lipinski definition) is 1. The number of nitrogens with zero attached hydrogens (tertiary/aromatic N) is 1. The van der Waals surface area contributed by atoms with Crippen LogP contribution in [0.15, 0.2) is 42.0 Å². The van der Waals surface area contributed by atoms with Gasteiger partial charge in [-0.05, 0) is 104 Å². The van der Waals surface area contributed by atoms with E-state index in [0.29, 0.717) is 17.6 Å². The van der Waals surface area contributed by atoms with E-state index in [1.54, 1.807) is 0 Å². The summed E-state index contributed by atoms with van der Waals surface area (Å²) in [5.41, 5.74) is 4.19. The third-order valence-corrected chi connectivity index (χ3v) is 10.3. The van der Waals surface area contributed by atoms with Gasteiger partial charge in [0, 0.05) is 25.7 Å². The maximum Gasteiger partial charge on any atom is 0.159 e. The smallest absolute Gasteiger partial charge is 0.159 e. The van der Waals surface area contributed by atoms with Crippen LogP contribution in [0, 0.1) is 34.5 Å². The predicted octanol–water partition coefficient (Wildman–Crippen LogP) is 6.27. The second-order valence-electron chi connectivity index (χ2n) is 12.1. The van der Waals surface area contributed by atoms with Crippen LogP contribution in [-0.2, 0) is 4.79 Å². The molecule has 0 radical (unpaired) electrons. The molecule has 178 valence electrons. The van der Waals surface area contributed by atoms with E-state index in [4.69, 9.17) is 0 Å². The van der Waals surface area contributed by atoms with Crippen LogP contribution >= 0.6 is 0 Å². The Morgan fingerprint density at radius 3 is 2.52 bits per heavy atom. The predicted molar refractivity (Wildman–Crippen MR) is 136 cm³/mol. The van der Waals surface area contributed by atoms with E-state index < -0.39 is 0 Å². The van der Waals surface area contributed by atoms with Gasteiger partial charge in [-0.15, -0.1) is 0 Å². The molecule has 0 bridgehead atoms. The summed E-state index contributed by atoms with van der Waals surface area (Å²) in [7, 11) is 4.09. The van der Waals surface area contributed by atoms with Gasteiger partial charge >= 0.3 is 0 Å². The summed E-state index contributed by atoms with van der Waals surface area (Å²) in [6.45, 7) is 4.90. The van der Waals surface area contributed by atoms with Crippen LogP contribution in [-0.4, -0.2) is 31.1 Å². The lowest BCUT2D eigenvalue weighted by molar-refractivity contribution is -0.124. The number of carbonyl (C=O) groups is 1. The van der Waals surface area contributed by atoms with Gasteiger partial charge in [0.05, 0.1) is 6.10 Å². The number of fused-ring (bicyclic) bond motifs is 5. The van der Waals surface area contributed by atoms with Crippen molar-refractivity contribution in [1.29, 1.82) is 0 Å². The number of benzene rings is 1. The third kappa shape index (κ3) is 3.81. The average Bonchev–Trinajstić information content (AvgIpc) is 3.15. The van der Waals surface area contributed by atoms with Gasteiger partial charge in [-0.1, -0.05) is 43.7 Å². The number of hydrogen-bond acceptors (Lipinski definition) is 3. The Bertz CT molecular complexity index is 960. The lowest BCUT2D eigenvalue weighted by atomic mass is 9.47. The van der Waals surface area contributed by atoms with E-state index in [1.807, 2.05) is 26.2 Å². The molecular weight excluding hydrogens is 406 g/mol. The van der Waals surface area contributed by atoms with Gasteiger partial charge in [0.1, 0.15) is 0 Å². The van der Waals surface area contributed by atoms with Gasteiger partial charge in [-0.2, -0.15) is 0 Å². The van der Waals surface area contributed by atoms with E-state index in [1.165, 1.54) is 30.5 Å². The molecule has 3 nitrogen and oxygen atoms in total. The molecule has 0 aromatic heterocycles. The first-order valence-electron chi connectivity index (χ1n) is 13.1. The lowest BCUT2D eigenvalue weighted by Crippen LogP contribution is -2.50. The molecular formula is C30H41NO2. The van der Waals surface area contributed by atoms with Crippen molar-refractivity contribution in [2.24, 2.45) is 34.5 Å². The summed E-state index contributed by atoms with van der Waals surface area (Å²) in [6.07, 6.45) is 15.0. The van der Waals surface area contributed by atoms with Crippen molar-refractivity contribution in [3.63, 3.8) is 0 Å². The highest BCUT2D eigenvalue weighted by Gasteiger charge is 2.59. The zero-order valence-electron chi connectivity index (χ0n) is 20.9. The Morgan fingerprint density at radius 1 is 1.03 bits per heavy atom. The van der Waals surface area contributed by atoms with Crippen LogP contribution < -0.4 is 4.90 Å². The van der Waals surface area contributed by atoms with E-state index in [0.717, 1.165) is 43.6 Å².